The number of carbonyl (C=O) groups is 2. The van der Waals surface area contributed by atoms with Gasteiger partial charge in [-0.25, -0.2) is 0 Å². The Morgan fingerprint density at radius 3 is 2.15 bits per heavy atom. The second-order valence-corrected chi connectivity index (χ2v) is 2.44. The van der Waals surface area contributed by atoms with Crippen LogP contribution in [0, 0.1) is 0 Å². The Hall–Kier alpha value is -0.910. The predicted molar refractivity (Wildman–Crippen MR) is 37.2 cm³/mol. The van der Waals surface area contributed by atoms with Crippen LogP contribution in [0.3, 0.4) is 0 Å². The molecule has 0 N–H and O–H groups in total. The third kappa shape index (κ3) is 4.02. The Labute approximate surface area is 72.9 Å². The van der Waals surface area contributed by atoms with E-state index in [4.69, 9.17) is 0 Å². The van der Waals surface area contributed by atoms with Gasteiger partial charge in [0, 0.05) is 7.11 Å². The minimum Gasteiger partial charge on any atom is -0.374 e. The number of ether oxygens (including phenoxy) is 1. The normalized spacial score (nSPS) is 13.9. The number of alkyl halides is 3. The van der Waals surface area contributed by atoms with E-state index in [0.717, 1.165) is 0 Å². The monoisotopic (exact) mass is 198 g/mol. The molecular weight excluding hydrogens is 189 g/mol. The van der Waals surface area contributed by atoms with Crippen molar-refractivity contribution in [3.05, 3.63) is 0 Å². The van der Waals surface area contributed by atoms with Crippen LogP contribution in [0.1, 0.15) is 13.3 Å². The number of halogens is 3. The molecule has 0 aliphatic rings. The maximum atomic E-state index is 11.6. The van der Waals surface area contributed by atoms with Crippen molar-refractivity contribution < 1.29 is 27.5 Å². The number of hydrogen-bond acceptors (Lipinski definition) is 3. The molecule has 0 aromatic rings. The van der Waals surface area contributed by atoms with Gasteiger partial charge in [0.05, 0.1) is 6.42 Å². The Morgan fingerprint density at radius 2 is 1.85 bits per heavy atom. The molecule has 6 heteroatoms. The van der Waals surface area contributed by atoms with Crippen LogP contribution in [0.2, 0.25) is 0 Å². The lowest BCUT2D eigenvalue weighted by Gasteiger charge is -2.08. The lowest BCUT2D eigenvalue weighted by Crippen LogP contribution is -2.29. The van der Waals surface area contributed by atoms with E-state index in [0.29, 0.717) is 0 Å². The zero-order valence-corrected chi connectivity index (χ0v) is 7.14. The van der Waals surface area contributed by atoms with Gasteiger partial charge in [-0.2, -0.15) is 13.2 Å². The Balaban J connectivity index is 4.16. The van der Waals surface area contributed by atoms with E-state index in [1.54, 1.807) is 0 Å². The molecule has 0 rings (SSSR count). The van der Waals surface area contributed by atoms with Crippen molar-refractivity contribution in [1.82, 2.24) is 0 Å². The molecule has 1 atom stereocenters. The molecule has 76 valence electrons. The molecule has 0 saturated carbocycles. The molecule has 0 aliphatic heterocycles. The number of methoxy groups -OCH3 is 1. The maximum absolute atomic E-state index is 11.6. The third-order valence-electron chi connectivity index (χ3n) is 1.46. The summed E-state index contributed by atoms with van der Waals surface area (Å²) in [5.74, 6) is -2.91. The van der Waals surface area contributed by atoms with Crippen molar-refractivity contribution in [2.24, 2.45) is 0 Å². The first-order valence-electron chi connectivity index (χ1n) is 3.44. The molecule has 0 bridgehead atoms. The molecule has 0 aromatic heterocycles. The van der Waals surface area contributed by atoms with Gasteiger partial charge in [-0.1, -0.05) is 0 Å². The maximum Gasteiger partial charge on any atom is 0.450 e. The zero-order valence-electron chi connectivity index (χ0n) is 7.14. The van der Waals surface area contributed by atoms with Crippen LogP contribution in [0.5, 0.6) is 0 Å². The van der Waals surface area contributed by atoms with Gasteiger partial charge in [-0.05, 0) is 6.92 Å². The first kappa shape index (κ1) is 12.1. The van der Waals surface area contributed by atoms with Crippen molar-refractivity contribution >= 4 is 11.6 Å². The van der Waals surface area contributed by atoms with Gasteiger partial charge in [0.2, 0.25) is 5.78 Å². The largest absolute Gasteiger partial charge is 0.450 e. The topological polar surface area (TPSA) is 43.4 Å². The van der Waals surface area contributed by atoms with Crippen LogP contribution < -0.4 is 0 Å². The van der Waals surface area contributed by atoms with Crippen molar-refractivity contribution in [2.45, 2.75) is 25.6 Å². The fraction of sp³-hybridized carbons (Fsp3) is 0.714. The first-order chi connectivity index (χ1) is 5.79. The van der Waals surface area contributed by atoms with Crippen molar-refractivity contribution in [1.29, 1.82) is 0 Å². The molecule has 0 radical (unpaired) electrons. The summed E-state index contributed by atoms with van der Waals surface area (Å²) in [4.78, 5) is 21.1. The van der Waals surface area contributed by atoms with E-state index < -0.39 is 30.3 Å². The van der Waals surface area contributed by atoms with Crippen molar-refractivity contribution in [3.8, 4) is 0 Å². The summed E-state index contributed by atoms with van der Waals surface area (Å²) < 4.78 is 39.4. The first-order valence-corrected chi connectivity index (χ1v) is 3.44. The van der Waals surface area contributed by atoms with Crippen LogP contribution >= 0.6 is 0 Å². The molecule has 0 amide bonds. The second-order valence-electron chi connectivity index (χ2n) is 2.44. The molecule has 0 fully saturated rings. The van der Waals surface area contributed by atoms with E-state index >= 15 is 0 Å². The molecule has 0 heterocycles. The third-order valence-corrected chi connectivity index (χ3v) is 1.46. The fourth-order valence-corrected chi connectivity index (χ4v) is 0.534. The second kappa shape index (κ2) is 4.36. The van der Waals surface area contributed by atoms with Gasteiger partial charge in [-0.3, -0.25) is 9.59 Å². The zero-order chi connectivity index (χ0) is 10.6. The van der Waals surface area contributed by atoms with Crippen LogP contribution in [0.15, 0.2) is 0 Å². The molecule has 0 saturated heterocycles. The molecule has 0 spiro atoms. The van der Waals surface area contributed by atoms with Gasteiger partial charge >= 0.3 is 6.18 Å². The SMILES string of the molecule is COC(C)C(=O)CC(=O)C(F)(F)F. The van der Waals surface area contributed by atoms with E-state index in [2.05, 4.69) is 4.74 Å². The molecule has 3 nitrogen and oxygen atoms in total. The number of rotatable bonds is 4. The van der Waals surface area contributed by atoms with Crippen molar-refractivity contribution in [2.75, 3.05) is 7.11 Å². The van der Waals surface area contributed by atoms with Crippen LogP contribution in [0.4, 0.5) is 13.2 Å². The van der Waals surface area contributed by atoms with Crippen LogP contribution in [-0.2, 0) is 14.3 Å². The van der Waals surface area contributed by atoms with E-state index in [1.165, 1.54) is 14.0 Å². The highest BCUT2D eigenvalue weighted by Gasteiger charge is 2.39. The summed E-state index contributed by atoms with van der Waals surface area (Å²) in [5.41, 5.74) is 0. The van der Waals surface area contributed by atoms with Gasteiger partial charge < -0.3 is 4.74 Å². The number of carbonyl (C=O) groups excluding carboxylic acids is 2. The quantitative estimate of drug-likeness (QED) is 0.635. The van der Waals surface area contributed by atoms with Gasteiger partial charge in [0.15, 0.2) is 5.78 Å². The molecule has 13 heavy (non-hydrogen) atoms. The molecule has 0 aliphatic carbocycles. The average Bonchev–Trinajstić information content (AvgIpc) is 2.01. The number of hydrogen-bond donors (Lipinski definition) is 0. The number of ketones is 2. The minimum absolute atomic E-state index is 0.871. The average molecular weight is 198 g/mol. The lowest BCUT2D eigenvalue weighted by molar-refractivity contribution is -0.172. The Kier molecular flexibility index (Phi) is 4.06. The predicted octanol–water partition coefficient (Wildman–Crippen LogP) is 1.11. The summed E-state index contributed by atoms with van der Waals surface area (Å²) in [7, 11) is 1.18. The standard InChI is InChI=1S/C7H9F3O3/c1-4(13-2)5(11)3-6(12)7(8,9)10/h4H,3H2,1-2H3. The number of Topliss-reactive ketones (excluding diaryl/α,β-unsaturated/α-hetero) is 2. The van der Waals surface area contributed by atoms with Gasteiger partial charge in [-0.15, -0.1) is 0 Å². The van der Waals surface area contributed by atoms with Crippen LogP contribution in [0.25, 0.3) is 0 Å². The minimum atomic E-state index is -4.94. The van der Waals surface area contributed by atoms with Crippen LogP contribution in [-0.4, -0.2) is 31.0 Å². The van der Waals surface area contributed by atoms with E-state index in [1.807, 2.05) is 0 Å². The van der Waals surface area contributed by atoms with Gasteiger partial charge in [0.25, 0.3) is 0 Å². The summed E-state index contributed by atoms with van der Waals surface area (Å²) in [5, 5.41) is 0. The molecule has 0 aromatic carbocycles. The van der Waals surface area contributed by atoms with Gasteiger partial charge in [0.1, 0.15) is 6.10 Å². The lowest BCUT2D eigenvalue weighted by atomic mass is 10.1. The summed E-state index contributed by atoms with van der Waals surface area (Å²) in [6, 6.07) is 0. The van der Waals surface area contributed by atoms with Crippen molar-refractivity contribution in [3.63, 3.8) is 0 Å². The molecular formula is C7H9F3O3. The highest BCUT2D eigenvalue weighted by atomic mass is 19.4. The highest BCUT2D eigenvalue weighted by molar-refractivity contribution is 6.03. The van der Waals surface area contributed by atoms with E-state index in [-0.39, 0.29) is 0 Å². The Bertz CT molecular complexity index is 210. The summed E-state index contributed by atoms with van der Waals surface area (Å²) in [6.07, 6.45) is -7.08. The molecule has 1 unspecified atom stereocenters. The summed E-state index contributed by atoms with van der Waals surface area (Å²) >= 11 is 0. The van der Waals surface area contributed by atoms with E-state index in [9.17, 15) is 22.8 Å². The summed E-state index contributed by atoms with van der Waals surface area (Å²) in [6.45, 7) is 1.28. The highest BCUT2D eigenvalue weighted by Crippen LogP contribution is 2.18. The Morgan fingerprint density at radius 1 is 1.38 bits per heavy atom. The fourth-order valence-electron chi connectivity index (χ4n) is 0.534. The smallest absolute Gasteiger partial charge is 0.374 e.